The van der Waals surface area contributed by atoms with Gasteiger partial charge in [0.25, 0.3) is 5.91 Å². The fourth-order valence-electron chi connectivity index (χ4n) is 2.73. The Morgan fingerprint density at radius 2 is 2.00 bits per heavy atom. The lowest BCUT2D eigenvalue weighted by Crippen LogP contribution is -2.50. The summed E-state index contributed by atoms with van der Waals surface area (Å²) in [6.45, 7) is 11.4. The van der Waals surface area contributed by atoms with Gasteiger partial charge in [-0.15, -0.1) is 0 Å². The molecule has 5 heteroatoms. The Labute approximate surface area is 115 Å². The van der Waals surface area contributed by atoms with Crippen molar-refractivity contribution in [1.29, 1.82) is 0 Å². The van der Waals surface area contributed by atoms with Crippen LogP contribution >= 0.6 is 0 Å². The summed E-state index contributed by atoms with van der Waals surface area (Å²) in [5.41, 5.74) is -0.599. The van der Waals surface area contributed by atoms with Crippen molar-refractivity contribution in [2.45, 2.75) is 58.0 Å². The van der Waals surface area contributed by atoms with Gasteiger partial charge in [-0.25, -0.2) is 4.99 Å². The number of carbonyl (C=O) groups excluding carboxylic acids is 1. The molecular weight excluding hydrogens is 240 g/mol. The van der Waals surface area contributed by atoms with Crippen LogP contribution in [-0.2, 0) is 4.79 Å². The van der Waals surface area contributed by atoms with Crippen LogP contribution < -0.4 is 10.6 Å². The van der Waals surface area contributed by atoms with Crippen LogP contribution in [0.25, 0.3) is 0 Å². The predicted octanol–water partition coefficient (Wildman–Crippen LogP) is 1.10. The standard InChI is InChI=1S/C14H26N4O/c1-5-8-18-9-6-14(7-10-18)11(19)15-12(17-14)16-13(2,3)4/h5-10H2,1-4H3,(H2,15,16,17,19). The van der Waals surface area contributed by atoms with E-state index >= 15 is 0 Å². The van der Waals surface area contributed by atoms with Crippen molar-refractivity contribution in [1.82, 2.24) is 15.5 Å². The van der Waals surface area contributed by atoms with Gasteiger partial charge in [-0.2, -0.15) is 0 Å². The quantitative estimate of drug-likeness (QED) is 0.787. The zero-order chi connectivity index (χ0) is 14.1. The summed E-state index contributed by atoms with van der Waals surface area (Å²) < 4.78 is 0. The fraction of sp³-hybridized carbons (Fsp3) is 0.857. The first-order chi connectivity index (χ1) is 8.85. The van der Waals surface area contributed by atoms with Gasteiger partial charge in [-0.1, -0.05) is 6.92 Å². The summed E-state index contributed by atoms with van der Waals surface area (Å²) in [5, 5.41) is 6.16. The van der Waals surface area contributed by atoms with Crippen molar-refractivity contribution < 1.29 is 4.79 Å². The van der Waals surface area contributed by atoms with Crippen molar-refractivity contribution in [2.75, 3.05) is 19.6 Å². The summed E-state index contributed by atoms with van der Waals surface area (Å²) in [6.07, 6.45) is 2.82. The number of carbonyl (C=O) groups is 1. The van der Waals surface area contributed by atoms with Gasteiger partial charge in [0.2, 0.25) is 0 Å². The van der Waals surface area contributed by atoms with Crippen LogP contribution in [-0.4, -0.2) is 47.5 Å². The molecule has 5 nitrogen and oxygen atoms in total. The van der Waals surface area contributed by atoms with Crippen LogP contribution in [0.1, 0.15) is 47.0 Å². The monoisotopic (exact) mass is 266 g/mol. The molecular formula is C14H26N4O. The molecule has 2 N–H and O–H groups in total. The van der Waals surface area contributed by atoms with E-state index in [1.165, 1.54) is 6.42 Å². The summed E-state index contributed by atoms with van der Waals surface area (Å²) in [5.74, 6) is 0.705. The normalized spacial score (nSPS) is 23.4. The highest BCUT2D eigenvalue weighted by Crippen LogP contribution is 2.29. The summed E-state index contributed by atoms with van der Waals surface area (Å²) in [6, 6.07) is 0. The number of amides is 1. The molecule has 0 aromatic rings. The molecule has 108 valence electrons. The Bertz CT molecular complexity index is 375. The summed E-state index contributed by atoms with van der Waals surface area (Å²) in [7, 11) is 0. The summed E-state index contributed by atoms with van der Waals surface area (Å²) in [4.78, 5) is 19.3. The maximum absolute atomic E-state index is 12.2. The minimum absolute atomic E-state index is 0.0652. The Morgan fingerprint density at radius 3 is 2.53 bits per heavy atom. The number of guanidine groups is 1. The van der Waals surface area contributed by atoms with Gasteiger partial charge < -0.3 is 10.2 Å². The lowest BCUT2D eigenvalue weighted by molar-refractivity contribution is -0.125. The van der Waals surface area contributed by atoms with Crippen LogP contribution in [0.3, 0.4) is 0 Å². The van der Waals surface area contributed by atoms with E-state index in [0.29, 0.717) is 5.96 Å². The van der Waals surface area contributed by atoms with Gasteiger partial charge in [-0.3, -0.25) is 10.1 Å². The topological polar surface area (TPSA) is 56.7 Å². The summed E-state index contributed by atoms with van der Waals surface area (Å²) >= 11 is 0. The molecule has 1 saturated heterocycles. The Balaban J connectivity index is 2.02. The van der Waals surface area contributed by atoms with Crippen LogP contribution in [0.2, 0.25) is 0 Å². The molecule has 1 fully saturated rings. The zero-order valence-electron chi connectivity index (χ0n) is 12.5. The molecule has 2 aliphatic rings. The second-order valence-electron chi connectivity index (χ2n) is 6.66. The van der Waals surface area contributed by atoms with Gasteiger partial charge in [0, 0.05) is 18.6 Å². The Kier molecular flexibility index (Phi) is 3.85. The molecule has 0 aliphatic carbocycles. The molecule has 1 amide bonds. The number of rotatable bonds is 2. The van der Waals surface area contributed by atoms with E-state index < -0.39 is 5.54 Å². The first-order valence-electron chi connectivity index (χ1n) is 7.26. The van der Waals surface area contributed by atoms with E-state index in [1.54, 1.807) is 0 Å². The Morgan fingerprint density at radius 1 is 1.37 bits per heavy atom. The average molecular weight is 266 g/mol. The first-order valence-corrected chi connectivity index (χ1v) is 7.26. The van der Waals surface area contributed by atoms with E-state index in [2.05, 4.69) is 48.2 Å². The smallest absolute Gasteiger partial charge is 0.254 e. The van der Waals surface area contributed by atoms with E-state index in [0.717, 1.165) is 32.5 Å². The van der Waals surface area contributed by atoms with E-state index in [9.17, 15) is 4.79 Å². The largest absolute Gasteiger partial charge is 0.351 e. The highest BCUT2D eigenvalue weighted by atomic mass is 16.2. The Hall–Kier alpha value is -1.10. The highest BCUT2D eigenvalue weighted by molar-refractivity contribution is 6.07. The molecule has 2 heterocycles. The predicted molar refractivity (Wildman–Crippen MR) is 77.2 cm³/mol. The van der Waals surface area contributed by atoms with Crippen LogP contribution in [0, 0.1) is 0 Å². The van der Waals surface area contributed by atoms with E-state index in [4.69, 9.17) is 0 Å². The molecule has 2 rings (SSSR count). The van der Waals surface area contributed by atoms with Crippen LogP contribution in [0.5, 0.6) is 0 Å². The van der Waals surface area contributed by atoms with Crippen molar-refractivity contribution in [2.24, 2.45) is 4.99 Å². The molecule has 19 heavy (non-hydrogen) atoms. The van der Waals surface area contributed by atoms with Gasteiger partial charge in [0.1, 0.15) is 5.54 Å². The lowest BCUT2D eigenvalue weighted by Gasteiger charge is -2.35. The molecule has 0 bridgehead atoms. The second-order valence-corrected chi connectivity index (χ2v) is 6.66. The molecule has 1 spiro atoms. The lowest BCUT2D eigenvalue weighted by atomic mass is 9.88. The number of likely N-dealkylation sites (tertiary alicyclic amines) is 1. The van der Waals surface area contributed by atoms with Crippen LogP contribution in [0.15, 0.2) is 4.99 Å². The number of nitrogens with zero attached hydrogens (tertiary/aromatic N) is 2. The third-order valence-electron chi connectivity index (χ3n) is 3.70. The molecule has 2 aliphatic heterocycles. The third kappa shape index (κ3) is 3.26. The first kappa shape index (κ1) is 14.3. The molecule has 0 saturated carbocycles. The number of aliphatic imine (C=N–C) groups is 1. The minimum atomic E-state index is -0.516. The average Bonchev–Trinajstić information content (AvgIpc) is 2.57. The molecule has 0 aromatic heterocycles. The third-order valence-corrected chi connectivity index (χ3v) is 3.70. The zero-order valence-corrected chi connectivity index (χ0v) is 12.5. The number of nitrogens with one attached hydrogen (secondary N) is 2. The molecule has 0 radical (unpaired) electrons. The molecule has 0 atom stereocenters. The van der Waals surface area contributed by atoms with Crippen molar-refractivity contribution >= 4 is 11.9 Å². The van der Waals surface area contributed by atoms with Gasteiger partial charge in [-0.05, 0) is 46.6 Å². The SMILES string of the molecule is CCCN1CCC2(CC1)N=C(NC(C)(C)C)NC2=O. The van der Waals surface area contributed by atoms with Gasteiger partial charge in [0.15, 0.2) is 5.96 Å². The van der Waals surface area contributed by atoms with Crippen molar-refractivity contribution in [3.63, 3.8) is 0 Å². The fourth-order valence-corrected chi connectivity index (χ4v) is 2.73. The number of hydrogen-bond donors (Lipinski definition) is 2. The van der Waals surface area contributed by atoms with E-state index in [1.807, 2.05) is 0 Å². The van der Waals surface area contributed by atoms with Crippen LogP contribution in [0.4, 0.5) is 0 Å². The van der Waals surface area contributed by atoms with Gasteiger partial charge >= 0.3 is 0 Å². The molecule has 0 unspecified atom stereocenters. The highest BCUT2D eigenvalue weighted by Gasteiger charge is 2.45. The maximum Gasteiger partial charge on any atom is 0.254 e. The number of piperidine rings is 1. The minimum Gasteiger partial charge on any atom is -0.351 e. The second kappa shape index (κ2) is 5.12. The number of hydrogen-bond acceptors (Lipinski definition) is 4. The maximum atomic E-state index is 12.2. The van der Waals surface area contributed by atoms with Crippen molar-refractivity contribution in [3.8, 4) is 0 Å². The molecule has 0 aromatic carbocycles. The van der Waals surface area contributed by atoms with Crippen molar-refractivity contribution in [3.05, 3.63) is 0 Å². The van der Waals surface area contributed by atoms with Gasteiger partial charge in [0.05, 0.1) is 0 Å². The van der Waals surface area contributed by atoms with E-state index in [-0.39, 0.29) is 11.4 Å².